The van der Waals surface area contributed by atoms with Crippen LogP contribution in [0.4, 0.5) is 11.4 Å². The number of esters is 1. The van der Waals surface area contributed by atoms with Crippen molar-refractivity contribution in [1.82, 2.24) is 0 Å². The number of anilines is 1. The number of hydrogen-bond donors (Lipinski definition) is 0. The van der Waals surface area contributed by atoms with Gasteiger partial charge in [0.2, 0.25) is 0 Å². The Kier molecular flexibility index (Phi) is 5.19. The molecule has 1 aliphatic rings. The summed E-state index contributed by atoms with van der Waals surface area (Å²) in [4.78, 5) is 25.1. The molecule has 0 atom stereocenters. The fourth-order valence-electron chi connectivity index (χ4n) is 2.83. The molecule has 1 aliphatic heterocycles. The maximum atomic E-state index is 12.2. The van der Waals surface area contributed by atoms with Crippen molar-refractivity contribution in [1.29, 1.82) is 0 Å². The maximum Gasteiger partial charge on any atom is 0.338 e. The number of carbonyl (C=O) groups excluding carboxylic acids is 1. The van der Waals surface area contributed by atoms with E-state index in [2.05, 4.69) is 0 Å². The molecule has 0 N–H and O–H groups in total. The summed E-state index contributed by atoms with van der Waals surface area (Å²) in [6, 6.07) is 11.4. The molecule has 0 spiro atoms. The van der Waals surface area contributed by atoms with Crippen LogP contribution in [0.25, 0.3) is 0 Å². The molecule has 0 bridgehead atoms. The van der Waals surface area contributed by atoms with Crippen LogP contribution in [0.15, 0.2) is 42.5 Å². The second kappa shape index (κ2) is 7.53. The van der Waals surface area contributed by atoms with Crippen LogP contribution >= 0.6 is 11.6 Å². The van der Waals surface area contributed by atoms with E-state index in [1.807, 2.05) is 4.90 Å². The van der Waals surface area contributed by atoms with Crippen molar-refractivity contribution >= 4 is 28.9 Å². The van der Waals surface area contributed by atoms with Gasteiger partial charge in [0.1, 0.15) is 12.3 Å². The molecule has 0 amide bonds. The Bertz CT molecular complexity index is 786. The quantitative estimate of drug-likeness (QED) is 0.454. The van der Waals surface area contributed by atoms with Crippen LogP contribution in [0.2, 0.25) is 5.02 Å². The molecule has 1 heterocycles. The Morgan fingerprint density at radius 3 is 2.48 bits per heavy atom. The maximum absolute atomic E-state index is 12.2. The van der Waals surface area contributed by atoms with Crippen LogP contribution in [-0.2, 0) is 11.3 Å². The Morgan fingerprint density at radius 1 is 1.16 bits per heavy atom. The van der Waals surface area contributed by atoms with E-state index in [0.29, 0.717) is 10.7 Å². The minimum absolute atomic E-state index is 0.0668. The van der Waals surface area contributed by atoms with Crippen molar-refractivity contribution in [2.75, 3.05) is 18.0 Å². The summed E-state index contributed by atoms with van der Waals surface area (Å²) >= 11 is 5.81. The van der Waals surface area contributed by atoms with Crippen LogP contribution in [0, 0.1) is 10.1 Å². The van der Waals surface area contributed by atoms with Crippen molar-refractivity contribution in [3.05, 3.63) is 68.7 Å². The van der Waals surface area contributed by atoms with Gasteiger partial charge in [-0.2, -0.15) is 0 Å². The fourth-order valence-corrected chi connectivity index (χ4v) is 2.96. The first-order valence-electron chi connectivity index (χ1n) is 7.99. The van der Waals surface area contributed by atoms with Gasteiger partial charge in [-0.1, -0.05) is 23.7 Å². The summed E-state index contributed by atoms with van der Waals surface area (Å²) in [5.41, 5.74) is 1.45. The molecule has 7 heteroatoms. The summed E-state index contributed by atoms with van der Waals surface area (Å²) in [6.45, 7) is 1.67. The lowest BCUT2D eigenvalue weighted by molar-refractivity contribution is -0.384. The monoisotopic (exact) mass is 360 g/mol. The predicted octanol–water partition coefficient (Wildman–Crippen LogP) is 4.21. The average Bonchev–Trinajstić information content (AvgIpc) is 3.15. The van der Waals surface area contributed by atoms with Gasteiger partial charge < -0.3 is 9.64 Å². The highest BCUT2D eigenvalue weighted by atomic mass is 35.5. The van der Waals surface area contributed by atoms with Crippen molar-refractivity contribution < 1.29 is 14.5 Å². The second-order valence-electron chi connectivity index (χ2n) is 5.86. The molecule has 1 fully saturated rings. The summed E-state index contributed by atoms with van der Waals surface area (Å²) in [5.74, 6) is -0.592. The molecule has 1 saturated heterocycles. The lowest BCUT2D eigenvalue weighted by atomic mass is 10.1. The zero-order valence-electron chi connectivity index (χ0n) is 13.5. The Labute approximate surface area is 150 Å². The Hall–Kier alpha value is -2.60. The molecule has 25 heavy (non-hydrogen) atoms. The largest absolute Gasteiger partial charge is 0.457 e. The van der Waals surface area contributed by atoms with Crippen LogP contribution in [0.3, 0.4) is 0 Å². The molecule has 6 nitrogen and oxygen atoms in total. The fraction of sp³-hybridized carbons (Fsp3) is 0.278. The molecule has 2 aromatic carbocycles. The van der Waals surface area contributed by atoms with Crippen molar-refractivity contribution in [2.24, 2.45) is 0 Å². The molecular formula is C18H17ClN2O4. The molecule has 0 aliphatic carbocycles. The third-order valence-corrected chi connectivity index (χ3v) is 4.39. The zero-order valence-corrected chi connectivity index (χ0v) is 14.2. The standard InChI is InChI=1S/C18H17ClN2O4/c19-15-6-3-13(4-7-15)12-25-18(22)14-5-8-16(17(11-14)21(23)24)20-9-1-2-10-20/h3-8,11H,1-2,9-10,12H2. The van der Waals surface area contributed by atoms with E-state index in [1.54, 1.807) is 36.4 Å². The minimum Gasteiger partial charge on any atom is -0.457 e. The lowest BCUT2D eigenvalue weighted by Gasteiger charge is -2.17. The SMILES string of the molecule is O=C(OCc1ccc(Cl)cc1)c1ccc(N2CCCC2)c([N+](=O)[O-])c1. The minimum atomic E-state index is -0.592. The van der Waals surface area contributed by atoms with Crippen molar-refractivity contribution in [2.45, 2.75) is 19.4 Å². The number of benzene rings is 2. The lowest BCUT2D eigenvalue weighted by Crippen LogP contribution is -2.19. The topological polar surface area (TPSA) is 72.7 Å². The van der Waals surface area contributed by atoms with Gasteiger partial charge in [-0.15, -0.1) is 0 Å². The first kappa shape index (κ1) is 17.2. The molecule has 0 saturated carbocycles. The number of nitro benzene ring substituents is 1. The van der Waals surface area contributed by atoms with Gasteiger partial charge in [-0.25, -0.2) is 4.79 Å². The normalized spacial score (nSPS) is 13.7. The van der Waals surface area contributed by atoms with Crippen LogP contribution in [-0.4, -0.2) is 24.0 Å². The number of nitro groups is 1. The van der Waals surface area contributed by atoms with Crippen molar-refractivity contribution in [3.63, 3.8) is 0 Å². The summed E-state index contributed by atoms with van der Waals surface area (Å²) in [7, 11) is 0. The first-order chi connectivity index (χ1) is 12.0. The predicted molar refractivity (Wildman–Crippen MR) is 95.1 cm³/mol. The van der Waals surface area contributed by atoms with E-state index in [1.165, 1.54) is 6.07 Å². The second-order valence-corrected chi connectivity index (χ2v) is 6.29. The van der Waals surface area contributed by atoms with Crippen LogP contribution < -0.4 is 4.90 Å². The number of rotatable bonds is 5. The Morgan fingerprint density at radius 2 is 1.84 bits per heavy atom. The van der Waals surface area contributed by atoms with E-state index >= 15 is 0 Å². The van der Waals surface area contributed by atoms with Gasteiger partial charge in [0.25, 0.3) is 5.69 Å². The van der Waals surface area contributed by atoms with E-state index in [9.17, 15) is 14.9 Å². The zero-order chi connectivity index (χ0) is 17.8. The van der Waals surface area contributed by atoms with Gasteiger partial charge in [0.05, 0.1) is 10.5 Å². The van der Waals surface area contributed by atoms with Crippen LogP contribution in [0.1, 0.15) is 28.8 Å². The number of carbonyl (C=O) groups is 1. The summed E-state index contributed by atoms with van der Waals surface area (Å²) in [6.07, 6.45) is 2.03. The van der Waals surface area contributed by atoms with Gasteiger partial charge in [0, 0.05) is 24.2 Å². The number of halogens is 1. The van der Waals surface area contributed by atoms with E-state index in [-0.39, 0.29) is 17.9 Å². The molecule has 0 aromatic heterocycles. The van der Waals surface area contributed by atoms with Gasteiger partial charge >= 0.3 is 5.97 Å². The first-order valence-corrected chi connectivity index (χ1v) is 8.37. The molecular weight excluding hydrogens is 344 g/mol. The molecule has 2 aromatic rings. The Balaban J connectivity index is 1.74. The van der Waals surface area contributed by atoms with E-state index in [0.717, 1.165) is 31.5 Å². The smallest absolute Gasteiger partial charge is 0.338 e. The highest BCUT2D eigenvalue weighted by Crippen LogP contribution is 2.31. The van der Waals surface area contributed by atoms with E-state index < -0.39 is 10.9 Å². The molecule has 130 valence electrons. The third-order valence-electron chi connectivity index (χ3n) is 4.14. The molecule has 0 unspecified atom stereocenters. The number of hydrogen-bond acceptors (Lipinski definition) is 5. The highest BCUT2D eigenvalue weighted by molar-refractivity contribution is 6.30. The third kappa shape index (κ3) is 4.09. The highest BCUT2D eigenvalue weighted by Gasteiger charge is 2.24. The average molecular weight is 361 g/mol. The van der Waals surface area contributed by atoms with Crippen molar-refractivity contribution in [3.8, 4) is 0 Å². The molecule has 0 radical (unpaired) electrons. The van der Waals surface area contributed by atoms with Gasteiger partial charge in [-0.3, -0.25) is 10.1 Å². The van der Waals surface area contributed by atoms with Crippen LogP contribution in [0.5, 0.6) is 0 Å². The number of nitrogens with zero attached hydrogens (tertiary/aromatic N) is 2. The molecule has 3 rings (SSSR count). The summed E-state index contributed by atoms with van der Waals surface area (Å²) in [5, 5.41) is 12.0. The number of ether oxygens (including phenoxy) is 1. The van der Waals surface area contributed by atoms with E-state index in [4.69, 9.17) is 16.3 Å². The summed E-state index contributed by atoms with van der Waals surface area (Å²) < 4.78 is 5.24. The van der Waals surface area contributed by atoms with Gasteiger partial charge in [0.15, 0.2) is 0 Å². The van der Waals surface area contributed by atoms with Gasteiger partial charge in [-0.05, 0) is 42.7 Å².